The van der Waals surface area contributed by atoms with E-state index in [-0.39, 0.29) is 28.8 Å². The third kappa shape index (κ3) is 7.84. The van der Waals surface area contributed by atoms with Crippen LogP contribution in [0.4, 0.5) is 5.69 Å². The van der Waals surface area contributed by atoms with E-state index in [0.29, 0.717) is 34.3 Å². The van der Waals surface area contributed by atoms with Gasteiger partial charge >= 0.3 is 0 Å². The van der Waals surface area contributed by atoms with Gasteiger partial charge in [0.2, 0.25) is 11.8 Å². The first-order valence-electron chi connectivity index (χ1n) is 12.8. The normalized spacial score (nSPS) is 11.9. The lowest BCUT2D eigenvalue weighted by molar-refractivity contribution is -0.139. The van der Waals surface area contributed by atoms with Crippen molar-refractivity contribution in [1.29, 1.82) is 0 Å². The molecule has 12 heteroatoms. The smallest absolute Gasteiger partial charge is 0.264 e. The molecule has 0 spiro atoms. The lowest BCUT2D eigenvalue weighted by Gasteiger charge is -2.32. The number of para-hydroxylation sites is 1. The van der Waals surface area contributed by atoms with Crippen LogP contribution >= 0.6 is 23.2 Å². The quantitative estimate of drug-likeness (QED) is 0.283. The highest BCUT2D eigenvalue weighted by molar-refractivity contribution is 7.92. The Bertz CT molecular complexity index is 1470. The van der Waals surface area contributed by atoms with Crippen LogP contribution in [0.3, 0.4) is 0 Å². The lowest BCUT2D eigenvalue weighted by atomic mass is 10.1. The van der Waals surface area contributed by atoms with E-state index in [1.54, 1.807) is 55.5 Å². The molecule has 41 heavy (non-hydrogen) atoms. The number of sulfonamides is 1. The van der Waals surface area contributed by atoms with Gasteiger partial charge in [0.15, 0.2) is 11.5 Å². The number of anilines is 1. The molecule has 0 bridgehead atoms. The predicted molar refractivity (Wildman–Crippen MR) is 160 cm³/mol. The summed E-state index contributed by atoms with van der Waals surface area (Å²) in [4.78, 5) is 28.1. The number of carbonyl (C=O) groups excluding carboxylic acids is 2. The predicted octanol–water partition coefficient (Wildman–Crippen LogP) is 5.15. The van der Waals surface area contributed by atoms with Crippen LogP contribution < -0.4 is 19.1 Å². The summed E-state index contributed by atoms with van der Waals surface area (Å²) in [5, 5.41) is 3.44. The van der Waals surface area contributed by atoms with Gasteiger partial charge in [-0.05, 0) is 55.3 Å². The number of rotatable bonds is 13. The number of carbonyl (C=O) groups is 2. The number of nitrogens with zero attached hydrogens (tertiary/aromatic N) is 2. The number of ether oxygens (including phenoxy) is 2. The molecule has 0 fully saturated rings. The lowest BCUT2D eigenvalue weighted by Crippen LogP contribution is -2.51. The summed E-state index contributed by atoms with van der Waals surface area (Å²) in [6.07, 6.45) is 0.713. The maximum absolute atomic E-state index is 14.0. The zero-order chi connectivity index (χ0) is 30.2. The zero-order valence-electron chi connectivity index (χ0n) is 23.3. The molecule has 0 saturated carbocycles. The molecule has 0 radical (unpaired) electrons. The summed E-state index contributed by atoms with van der Waals surface area (Å²) in [7, 11) is -1.43. The fourth-order valence-electron chi connectivity index (χ4n) is 4.04. The fourth-order valence-corrected chi connectivity index (χ4v) is 5.79. The van der Waals surface area contributed by atoms with Gasteiger partial charge in [0.1, 0.15) is 12.6 Å². The van der Waals surface area contributed by atoms with Crippen molar-refractivity contribution < 1.29 is 27.5 Å². The molecule has 3 aromatic carbocycles. The number of benzene rings is 3. The second kappa shape index (κ2) is 14.4. The summed E-state index contributed by atoms with van der Waals surface area (Å²) < 4.78 is 39.5. The molecule has 220 valence electrons. The summed E-state index contributed by atoms with van der Waals surface area (Å²) >= 11 is 12.3. The monoisotopic (exact) mass is 621 g/mol. The molecule has 9 nitrogen and oxygen atoms in total. The number of halogens is 2. The number of methoxy groups -OCH3 is 2. The summed E-state index contributed by atoms with van der Waals surface area (Å²) in [5.41, 5.74) is 0.894. The first-order chi connectivity index (χ1) is 19.5. The maximum Gasteiger partial charge on any atom is 0.264 e. The highest BCUT2D eigenvalue weighted by atomic mass is 35.5. The van der Waals surface area contributed by atoms with E-state index in [4.69, 9.17) is 32.7 Å². The van der Waals surface area contributed by atoms with Crippen molar-refractivity contribution in [2.45, 2.75) is 37.8 Å². The third-order valence-electron chi connectivity index (χ3n) is 6.32. The highest BCUT2D eigenvalue weighted by Crippen LogP contribution is 2.32. The van der Waals surface area contributed by atoms with E-state index in [2.05, 4.69) is 5.32 Å². The minimum atomic E-state index is -4.27. The number of hydrogen-bond donors (Lipinski definition) is 1. The van der Waals surface area contributed by atoms with Crippen molar-refractivity contribution in [1.82, 2.24) is 10.2 Å². The molecule has 0 unspecified atom stereocenters. The molecule has 0 aromatic heterocycles. The molecule has 3 aromatic rings. The van der Waals surface area contributed by atoms with Gasteiger partial charge in [0.25, 0.3) is 10.0 Å². The first kappa shape index (κ1) is 32.0. The second-order valence-corrected chi connectivity index (χ2v) is 11.8. The zero-order valence-corrected chi connectivity index (χ0v) is 25.6. The largest absolute Gasteiger partial charge is 0.493 e. The van der Waals surface area contributed by atoms with Gasteiger partial charge < -0.3 is 19.7 Å². The van der Waals surface area contributed by atoms with Crippen molar-refractivity contribution >= 4 is 50.7 Å². The van der Waals surface area contributed by atoms with Crippen molar-refractivity contribution in [3.8, 4) is 11.5 Å². The Morgan fingerprint density at radius 3 is 2.22 bits per heavy atom. The van der Waals surface area contributed by atoms with Crippen LogP contribution in [0.5, 0.6) is 11.5 Å². The van der Waals surface area contributed by atoms with Crippen LogP contribution in [0.15, 0.2) is 71.6 Å². The van der Waals surface area contributed by atoms with Gasteiger partial charge in [0.05, 0.1) is 34.8 Å². The van der Waals surface area contributed by atoms with Crippen molar-refractivity contribution in [2.24, 2.45) is 0 Å². The van der Waals surface area contributed by atoms with Gasteiger partial charge in [-0.25, -0.2) is 8.42 Å². The van der Waals surface area contributed by atoms with Gasteiger partial charge in [-0.1, -0.05) is 54.4 Å². The molecule has 0 heterocycles. The van der Waals surface area contributed by atoms with Crippen molar-refractivity contribution in [2.75, 3.05) is 31.6 Å². The Hall–Kier alpha value is -3.47. The maximum atomic E-state index is 14.0. The van der Waals surface area contributed by atoms with E-state index in [1.807, 2.05) is 6.92 Å². The molecule has 1 atom stereocenters. The average Bonchev–Trinajstić information content (AvgIpc) is 2.98. The first-order valence-corrected chi connectivity index (χ1v) is 15.0. The second-order valence-electron chi connectivity index (χ2n) is 9.10. The van der Waals surface area contributed by atoms with Gasteiger partial charge in [-0.15, -0.1) is 0 Å². The molecule has 0 aliphatic carbocycles. The summed E-state index contributed by atoms with van der Waals surface area (Å²) in [6, 6.07) is 16.4. The molecule has 0 aliphatic heterocycles. The molecular weight excluding hydrogens is 589 g/mol. The number of hydrogen-bond acceptors (Lipinski definition) is 6. The Kier molecular flexibility index (Phi) is 11.3. The molecule has 1 N–H and O–H groups in total. The molecule has 0 aliphatic rings. The van der Waals surface area contributed by atoms with Crippen LogP contribution in [0.1, 0.15) is 25.8 Å². The molecule has 2 amide bonds. The van der Waals surface area contributed by atoms with Crippen LogP contribution in [-0.4, -0.2) is 58.5 Å². The van der Waals surface area contributed by atoms with E-state index < -0.39 is 28.5 Å². The van der Waals surface area contributed by atoms with Gasteiger partial charge in [0, 0.05) is 19.2 Å². The number of amides is 2. The third-order valence-corrected chi connectivity index (χ3v) is 8.83. The van der Waals surface area contributed by atoms with E-state index in [9.17, 15) is 18.0 Å². The summed E-state index contributed by atoms with van der Waals surface area (Å²) in [5.74, 6) is -0.388. The highest BCUT2D eigenvalue weighted by Gasteiger charge is 2.33. The average molecular weight is 623 g/mol. The van der Waals surface area contributed by atoms with Crippen LogP contribution in [-0.2, 0) is 26.2 Å². The Morgan fingerprint density at radius 1 is 0.927 bits per heavy atom. The summed E-state index contributed by atoms with van der Waals surface area (Å²) in [6.45, 7) is 3.36. The van der Waals surface area contributed by atoms with Crippen LogP contribution in [0.25, 0.3) is 0 Å². The van der Waals surface area contributed by atoms with Crippen molar-refractivity contribution in [3.63, 3.8) is 0 Å². The Balaban J connectivity index is 2.04. The molecule has 0 saturated heterocycles. The van der Waals surface area contributed by atoms with Gasteiger partial charge in [-0.2, -0.15) is 0 Å². The van der Waals surface area contributed by atoms with Crippen LogP contribution in [0.2, 0.25) is 10.0 Å². The standard InChI is InChI=1S/C29H33Cl2N3O6S/c1-5-15-32-29(36)20(2)33(18-21-11-13-24(30)25(31)16-21)28(35)19-34(22-9-7-6-8-10-22)41(37,38)23-12-14-26(39-3)27(17-23)40-4/h6-14,16-17,20H,5,15,18-19H2,1-4H3,(H,32,36)/t20-/m1/s1. The minimum absolute atomic E-state index is 0.00449. The van der Waals surface area contributed by atoms with E-state index in [1.165, 1.54) is 37.3 Å². The Labute approximate surface area is 251 Å². The SMILES string of the molecule is CCCNC(=O)[C@@H](C)N(Cc1ccc(Cl)c(Cl)c1)C(=O)CN(c1ccccc1)S(=O)(=O)c1ccc(OC)c(OC)c1. The Morgan fingerprint density at radius 2 is 1.61 bits per heavy atom. The van der Waals surface area contributed by atoms with Crippen molar-refractivity contribution in [3.05, 3.63) is 82.3 Å². The topological polar surface area (TPSA) is 105 Å². The minimum Gasteiger partial charge on any atom is -0.493 e. The van der Waals surface area contributed by atoms with Gasteiger partial charge in [-0.3, -0.25) is 13.9 Å². The fraction of sp³-hybridized carbons (Fsp3) is 0.310. The number of nitrogens with one attached hydrogen (secondary N) is 1. The molecule has 3 rings (SSSR count). The van der Waals surface area contributed by atoms with Crippen LogP contribution in [0, 0.1) is 0 Å². The van der Waals surface area contributed by atoms with E-state index >= 15 is 0 Å². The molecular formula is C29H33Cl2N3O6S. The van der Waals surface area contributed by atoms with E-state index in [0.717, 1.165) is 4.31 Å².